The van der Waals surface area contributed by atoms with Crippen molar-refractivity contribution in [2.75, 3.05) is 5.73 Å². The van der Waals surface area contributed by atoms with Crippen LogP contribution in [0.2, 0.25) is 0 Å². The smallest absolute Gasteiger partial charge is 0.407 e. The van der Waals surface area contributed by atoms with Gasteiger partial charge in [0.05, 0.1) is 24.0 Å². The van der Waals surface area contributed by atoms with E-state index in [1.807, 2.05) is 6.07 Å². The van der Waals surface area contributed by atoms with Crippen LogP contribution in [-0.2, 0) is 17.6 Å². The maximum atomic E-state index is 11.8. The van der Waals surface area contributed by atoms with Crippen LogP contribution in [0.15, 0.2) is 12.3 Å². The highest BCUT2D eigenvalue weighted by Crippen LogP contribution is 2.22. The average Bonchev–Trinajstić information content (AvgIpc) is 2.28. The van der Waals surface area contributed by atoms with E-state index in [0.29, 0.717) is 18.5 Å². The minimum atomic E-state index is -0.668. The summed E-state index contributed by atoms with van der Waals surface area (Å²) in [5.74, 6) is 0. The standard InChI is InChI=1S/C14H21N3O3/c1-14(2,3)20-13(19)17-11-6-10-8(5-12(11)18)4-9(15)7-16-10/h4,7,11-12,18H,5-6,15H2,1-3H3,(H,17,19). The first-order chi connectivity index (χ1) is 9.24. The molecule has 20 heavy (non-hydrogen) atoms. The van der Waals surface area contributed by atoms with Crippen molar-refractivity contribution in [1.82, 2.24) is 10.3 Å². The van der Waals surface area contributed by atoms with Crippen molar-refractivity contribution >= 4 is 11.8 Å². The Morgan fingerprint density at radius 3 is 2.85 bits per heavy atom. The second-order valence-corrected chi connectivity index (χ2v) is 6.10. The van der Waals surface area contributed by atoms with Gasteiger partial charge in [-0.1, -0.05) is 0 Å². The lowest BCUT2D eigenvalue weighted by atomic mass is 9.89. The van der Waals surface area contributed by atoms with Gasteiger partial charge in [-0.25, -0.2) is 4.79 Å². The molecular weight excluding hydrogens is 258 g/mol. The molecule has 0 spiro atoms. The zero-order valence-electron chi connectivity index (χ0n) is 12.0. The summed E-state index contributed by atoms with van der Waals surface area (Å²) in [4.78, 5) is 16.0. The van der Waals surface area contributed by atoms with E-state index in [-0.39, 0.29) is 0 Å². The van der Waals surface area contributed by atoms with Crippen LogP contribution in [0, 0.1) is 0 Å². The van der Waals surface area contributed by atoms with Crippen molar-refractivity contribution in [3.63, 3.8) is 0 Å². The van der Waals surface area contributed by atoms with E-state index >= 15 is 0 Å². The van der Waals surface area contributed by atoms with Gasteiger partial charge in [-0.05, 0) is 32.4 Å². The topological polar surface area (TPSA) is 97.5 Å². The summed E-state index contributed by atoms with van der Waals surface area (Å²) in [6, 6.07) is 1.42. The van der Waals surface area contributed by atoms with Crippen molar-refractivity contribution in [3.8, 4) is 0 Å². The molecule has 0 bridgehead atoms. The van der Waals surface area contributed by atoms with E-state index < -0.39 is 23.8 Å². The van der Waals surface area contributed by atoms with Crippen LogP contribution in [0.25, 0.3) is 0 Å². The number of aliphatic hydroxyl groups is 1. The molecule has 1 aliphatic carbocycles. The largest absolute Gasteiger partial charge is 0.444 e. The zero-order valence-corrected chi connectivity index (χ0v) is 12.0. The third-order valence-electron chi connectivity index (χ3n) is 3.09. The molecule has 110 valence electrons. The Bertz CT molecular complexity index is 511. The summed E-state index contributed by atoms with van der Waals surface area (Å²) in [5.41, 5.74) is 7.48. The van der Waals surface area contributed by atoms with Gasteiger partial charge >= 0.3 is 6.09 Å². The van der Waals surface area contributed by atoms with Crippen LogP contribution in [0.4, 0.5) is 10.5 Å². The number of pyridine rings is 1. The fourth-order valence-electron chi connectivity index (χ4n) is 2.24. The van der Waals surface area contributed by atoms with Gasteiger partial charge in [0.15, 0.2) is 0 Å². The van der Waals surface area contributed by atoms with Gasteiger partial charge in [0.1, 0.15) is 5.60 Å². The van der Waals surface area contributed by atoms with E-state index in [1.165, 1.54) is 0 Å². The molecule has 1 aromatic heterocycles. The van der Waals surface area contributed by atoms with Gasteiger partial charge in [-0.15, -0.1) is 0 Å². The van der Waals surface area contributed by atoms with Gasteiger partial charge in [0, 0.05) is 18.5 Å². The van der Waals surface area contributed by atoms with Crippen LogP contribution < -0.4 is 11.1 Å². The lowest BCUT2D eigenvalue weighted by molar-refractivity contribution is 0.0411. The normalized spacial score (nSPS) is 22.0. The van der Waals surface area contributed by atoms with Crippen LogP contribution in [0.3, 0.4) is 0 Å². The number of carbonyl (C=O) groups excluding carboxylic acids is 1. The van der Waals surface area contributed by atoms with Crippen molar-refractivity contribution in [1.29, 1.82) is 0 Å². The van der Waals surface area contributed by atoms with Crippen LogP contribution in [0.5, 0.6) is 0 Å². The minimum absolute atomic E-state index is 0.395. The number of nitrogen functional groups attached to an aromatic ring is 1. The SMILES string of the molecule is CC(C)(C)OC(=O)NC1Cc2ncc(N)cc2CC1O. The Hall–Kier alpha value is -1.82. The van der Waals surface area contributed by atoms with Gasteiger partial charge in [0.25, 0.3) is 0 Å². The summed E-state index contributed by atoms with van der Waals surface area (Å²) in [6.07, 6.45) is 1.28. The number of nitrogens with one attached hydrogen (secondary N) is 1. The van der Waals surface area contributed by atoms with Gasteiger partial charge < -0.3 is 20.9 Å². The molecule has 0 radical (unpaired) electrons. The van der Waals surface area contributed by atoms with Crippen molar-refractivity contribution in [2.45, 2.75) is 51.4 Å². The number of aliphatic hydroxyl groups excluding tert-OH is 1. The van der Waals surface area contributed by atoms with E-state index in [4.69, 9.17) is 10.5 Å². The number of aromatic nitrogens is 1. The number of ether oxygens (including phenoxy) is 1. The first kappa shape index (κ1) is 14.6. The summed E-state index contributed by atoms with van der Waals surface area (Å²) in [5, 5.41) is 12.8. The highest BCUT2D eigenvalue weighted by Gasteiger charge is 2.30. The van der Waals surface area contributed by atoms with Crippen molar-refractivity contribution in [3.05, 3.63) is 23.5 Å². The quantitative estimate of drug-likeness (QED) is 0.713. The van der Waals surface area contributed by atoms with E-state index in [9.17, 15) is 9.90 Å². The molecule has 0 fully saturated rings. The van der Waals surface area contributed by atoms with Crippen LogP contribution in [-0.4, -0.2) is 33.9 Å². The molecule has 0 aliphatic heterocycles. The monoisotopic (exact) mass is 279 g/mol. The molecule has 1 amide bonds. The predicted molar refractivity (Wildman–Crippen MR) is 75.2 cm³/mol. The number of anilines is 1. The minimum Gasteiger partial charge on any atom is -0.444 e. The molecule has 2 atom stereocenters. The fraction of sp³-hybridized carbons (Fsp3) is 0.571. The lowest BCUT2D eigenvalue weighted by Crippen LogP contribution is -2.49. The Balaban J connectivity index is 2.04. The maximum Gasteiger partial charge on any atom is 0.407 e. The molecule has 0 saturated carbocycles. The molecule has 0 saturated heterocycles. The molecule has 1 aliphatic rings. The number of nitrogens with two attached hydrogens (primary N) is 1. The van der Waals surface area contributed by atoms with E-state index in [1.54, 1.807) is 27.0 Å². The Kier molecular flexibility index (Phi) is 3.85. The molecular formula is C14H21N3O3. The maximum absolute atomic E-state index is 11.8. The number of carbonyl (C=O) groups is 1. The molecule has 1 aromatic rings. The molecule has 2 unspecified atom stereocenters. The first-order valence-corrected chi connectivity index (χ1v) is 6.65. The third kappa shape index (κ3) is 3.60. The second kappa shape index (κ2) is 5.28. The fourth-order valence-corrected chi connectivity index (χ4v) is 2.24. The number of amides is 1. The third-order valence-corrected chi connectivity index (χ3v) is 3.09. The second-order valence-electron chi connectivity index (χ2n) is 6.10. The summed E-state index contributed by atoms with van der Waals surface area (Å²) >= 11 is 0. The van der Waals surface area contributed by atoms with E-state index in [0.717, 1.165) is 11.3 Å². The Morgan fingerprint density at radius 2 is 2.20 bits per heavy atom. The molecule has 4 N–H and O–H groups in total. The molecule has 6 nitrogen and oxygen atoms in total. The summed E-state index contributed by atoms with van der Waals surface area (Å²) in [7, 11) is 0. The van der Waals surface area contributed by atoms with Crippen LogP contribution >= 0.6 is 0 Å². The zero-order chi connectivity index (χ0) is 14.9. The van der Waals surface area contributed by atoms with Gasteiger partial charge in [0.2, 0.25) is 0 Å². The summed E-state index contributed by atoms with van der Waals surface area (Å²) < 4.78 is 5.19. The average molecular weight is 279 g/mol. The van der Waals surface area contributed by atoms with Crippen molar-refractivity contribution in [2.24, 2.45) is 0 Å². The summed E-state index contributed by atoms with van der Waals surface area (Å²) in [6.45, 7) is 5.39. The number of rotatable bonds is 1. The highest BCUT2D eigenvalue weighted by atomic mass is 16.6. The Labute approximate surface area is 118 Å². The van der Waals surface area contributed by atoms with Crippen molar-refractivity contribution < 1.29 is 14.6 Å². The molecule has 0 aromatic carbocycles. The molecule has 6 heteroatoms. The molecule has 2 rings (SSSR count). The van der Waals surface area contributed by atoms with Crippen LogP contribution in [0.1, 0.15) is 32.0 Å². The number of nitrogens with zero attached hydrogens (tertiary/aromatic N) is 1. The number of alkyl carbamates (subject to hydrolysis) is 1. The first-order valence-electron chi connectivity index (χ1n) is 6.65. The van der Waals surface area contributed by atoms with E-state index in [2.05, 4.69) is 10.3 Å². The number of hydrogen-bond donors (Lipinski definition) is 3. The number of hydrogen-bond acceptors (Lipinski definition) is 5. The lowest BCUT2D eigenvalue weighted by Gasteiger charge is -2.30. The van der Waals surface area contributed by atoms with Gasteiger partial charge in [-0.3, -0.25) is 4.98 Å². The Morgan fingerprint density at radius 1 is 1.50 bits per heavy atom. The van der Waals surface area contributed by atoms with Gasteiger partial charge in [-0.2, -0.15) is 0 Å². The highest BCUT2D eigenvalue weighted by molar-refractivity contribution is 5.68. The predicted octanol–water partition coefficient (Wildman–Crippen LogP) is 1.02. The number of fused-ring (bicyclic) bond motifs is 1. The molecule has 1 heterocycles.